The SMILES string of the molecule is COCC(=O)N1CCCN(CCn2c(=O)oc3ccccc32)CC1. The average molecular weight is 333 g/mol. The van der Waals surface area contributed by atoms with Crippen LogP contribution in [0.5, 0.6) is 0 Å². The van der Waals surface area contributed by atoms with E-state index < -0.39 is 0 Å². The van der Waals surface area contributed by atoms with Crippen LogP contribution in [0.2, 0.25) is 0 Å². The van der Waals surface area contributed by atoms with Gasteiger partial charge in [-0.15, -0.1) is 0 Å². The number of para-hydroxylation sites is 2. The quantitative estimate of drug-likeness (QED) is 0.809. The van der Waals surface area contributed by atoms with E-state index in [1.54, 1.807) is 10.6 Å². The first-order chi connectivity index (χ1) is 11.7. The van der Waals surface area contributed by atoms with Gasteiger partial charge in [-0.3, -0.25) is 14.3 Å². The molecule has 0 aliphatic carbocycles. The zero-order chi connectivity index (χ0) is 16.9. The van der Waals surface area contributed by atoms with Crippen LogP contribution in [0.4, 0.5) is 0 Å². The highest BCUT2D eigenvalue weighted by atomic mass is 16.5. The van der Waals surface area contributed by atoms with E-state index in [0.717, 1.165) is 38.1 Å². The normalized spacial score (nSPS) is 16.5. The lowest BCUT2D eigenvalue weighted by Crippen LogP contribution is -2.38. The molecule has 24 heavy (non-hydrogen) atoms. The standard InChI is InChI=1S/C17H23N3O4/c1-23-13-16(21)19-8-4-7-18(9-11-19)10-12-20-14-5-2-3-6-15(14)24-17(20)22/h2-3,5-6H,4,7-13H2,1H3. The fourth-order valence-electron chi connectivity index (χ4n) is 3.13. The zero-order valence-corrected chi connectivity index (χ0v) is 13.9. The first-order valence-electron chi connectivity index (χ1n) is 8.26. The molecule has 2 heterocycles. The van der Waals surface area contributed by atoms with Gasteiger partial charge in [0.05, 0.1) is 5.52 Å². The molecule has 7 heteroatoms. The van der Waals surface area contributed by atoms with Gasteiger partial charge in [0.1, 0.15) is 6.61 Å². The third-order valence-corrected chi connectivity index (χ3v) is 4.42. The molecule has 3 rings (SSSR count). The van der Waals surface area contributed by atoms with Crippen molar-refractivity contribution in [3.8, 4) is 0 Å². The number of hydrogen-bond acceptors (Lipinski definition) is 5. The van der Waals surface area contributed by atoms with Crippen LogP contribution < -0.4 is 5.76 Å². The Labute approximate surface area is 140 Å². The Morgan fingerprint density at radius 3 is 2.83 bits per heavy atom. The number of carbonyl (C=O) groups excluding carboxylic acids is 1. The summed E-state index contributed by atoms with van der Waals surface area (Å²) in [6.45, 7) is 4.66. The predicted molar refractivity (Wildman–Crippen MR) is 90.0 cm³/mol. The zero-order valence-electron chi connectivity index (χ0n) is 13.9. The van der Waals surface area contributed by atoms with Crippen molar-refractivity contribution in [2.24, 2.45) is 0 Å². The number of ether oxygens (including phenoxy) is 1. The molecular formula is C17H23N3O4. The Morgan fingerprint density at radius 1 is 1.17 bits per heavy atom. The van der Waals surface area contributed by atoms with E-state index in [-0.39, 0.29) is 18.3 Å². The molecule has 0 radical (unpaired) electrons. The molecule has 0 saturated carbocycles. The molecule has 1 fully saturated rings. The summed E-state index contributed by atoms with van der Waals surface area (Å²) in [4.78, 5) is 28.1. The van der Waals surface area contributed by atoms with E-state index in [1.165, 1.54) is 7.11 Å². The van der Waals surface area contributed by atoms with Crippen LogP contribution in [0.25, 0.3) is 11.1 Å². The maximum absolute atomic E-state index is 12.0. The fourth-order valence-corrected chi connectivity index (χ4v) is 3.13. The number of aromatic nitrogens is 1. The summed E-state index contributed by atoms with van der Waals surface area (Å²) in [5.74, 6) is -0.278. The van der Waals surface area contributed by atoms with Gasteiger partial charge in [-0.1, -0.05) is 12.1 Å². The van der Waals surface area contributed by atoms with Crippen molar-refractivity contribution in [1.82, 2.24) is 14.4 Å². The largest absolute Gasteiger partial charge is 0.419 e. The molecular weight excluding hydrogens is 310 g/mol. The number of methoxy groups -OCH3 is 1. The number of oxazole rings is 1. The van der Waals surface area contributed by atoms with E-state index >= 15 is 0 Å². The summed E-state index contributed by atoms with van der Waals surface area (Å²) < 4.78 is 11.9. The summed E-state index contributed by atoms with van der Waals surface area (Å²) >= 11 is 0. The Bertz CT molecular complexity index is 752. The smallest absolute Gasteiger partial charge is 0.408 e. The average Bonchev–Trinajstić information content (AvgIpc) is 2.74. The van der Waals surface area contributed by atoms with Crippen molar-refractivity contribution >= 4 is 17.0 Å². The molecule has 1 amide bonds. The number of fused-ring (bicyclic) bond motifs is 1. The van der Waals surface area contributed by atoms with Crippen molar-refractivity contribution < 1.29 is 13.9 Å². The topological polar surface area (TPSA) is 67.9 Å². The van der Waals surface area contributed by atoms with Gasteiger partial charge >= 0.3 is 5.76 Å². The second-order valence-corrected chi connectivity index (χ2v) is 6.00. The predicted octanol–water partition coefficient (Wildman–Crippen LogP) is 0.775. The van der Waals surface area contributed by atoms with Crippen LogP contribution in [-0.2, 0) is 16.1 Å². The Morgan fingerprint density at radius 2 is 2.00 bits per heavy atom. The summed E-state index contributed by atoms with van der Waals surface area (Å²) in [6.07, 6.45) is 0.927. The molecule has 2 aromatic rings. The Balaban J connectivity index is 1.60. The molecule has 1 aromatic heterocycles. The van der Waals surface area contributed by atoms with E-state index in [9.17, 15) is 9.59 Å². The number of carbonyl (C=O) groups is 1. The van der Waals surface area contributed by atoms with Gasteiger partial charge in [-0.25, -0.2) is 4.79 Å². The molecule has 1 aliphatic heterocycles. The highest BCUT2D eigenvalue weighted by Gasteiger charge is 2.19. The molecule has 0 unspecified atom stereocenters. The second kappa shape index (κ2) is 7.63. The van der Waals surface area contributed by atoms with Crippen LogP contribution in [0.15, 0.2) is 33.5 Å². The number of nitrogens with zero attached hydrogens (tertiary/aromatic N) is 3. The van der Waals surface area contributed by atoms with Gasteiger partial charge in [0.2, 0.25) is 5.91 Å². The van der Waals surface area contributed by atoms with Crippen molar-refractivity contribution in [2.75, 3.05) is 46.4 Å². The monoisotopic (exact) mass is 333 g/mol. The number of hydrogen-bond donors (Lipinski definition) is 0. The van der Waals surface area contributed by atoms with Crippen molar-refractivity contribution in [3.63, 3.8) is 0 Å². The van der Waals surface area contributed by atoms with Crippen molar-refractivity contribution in [3.05, 3.63) is 34.8 Å². The third-order valence-electron chi connectivity index (χ3n) is 4.42. The molecule has 0 spiro atoms. The summed E-state index contributed by atoms with van der Waals surface area (Å²) in [7, 11) is 1.54. The van der Waals surface area contributed by atoms with Crippen LogP contribution in [-0.4, -0.2) is 66.7 Å². The Kier molecular flexibility index (Phi) is 5.32. The molecule has 7 nitrogen and oxygen atoms in total. The van der Waals surface area contributed by atoms with E-state index in [4.69, 9.17) is 9.15 Å². The minimum atomic E-state index is -0.317. The lowest BCUT2D eigenvalue weighted by molar-refractivity contribution is -0.135. The van der Waals surface area contributed by atoms with E-state index in [0.29, 0.717) is 18.7 Å². The summed E-state index contributed by atoms with van der Waals surface area (Å²) in [6, 6.07) is 7.46. The van der Waals surface area contributed by atoms with Gasteiger partial charge < -0.3 is 14.1 Å². The van der Waals surface area contributed by atoms with Gasteiger partial charge in [-0.2, -0.15) is 0 Å². The van der Waals surface area contributed by atoms with Crippen molar-refractivity contribution in [2.45, 2.75) is 13.0 Å². The van der Waals surface area contributed by atoms with Crippen LogP contribution in [0.1, 0.15) is 6.42 Å². The van der Waals surface area contributed by atoms with E-state index in [1.807, 2.05) is 23.1 Å². The van der Waals surface area contributed by atoms with Gasteiger partial charge in [0, 0.05) is 39.8 Å². The Hall–Kier alpha value is -2.12. The molecule has 130 valence electrons. The van der Waals surface area contributed by atoms with Gasteiger partial charge in [0.15, 0.2) is 5.58 Å². The highest BCUT2D eigenvalue weighted by molar-refractivity contribution is 5.77. The minimum Gasteiger partial charge on any atom is -0.408 e. The minimum absolute atomic E-state index is 0.0383. The second-order valence-electron chi connectivity index (χ2n) is 6.00. The molecule has 1 aliphatic rings. The maximum Gasteiger partial charge on any atom is 0.419 e. The number of amides is 1. The number of rotatable bonds is 5. The van der Waals surface area contributed by atoms with Gasteiger partial charge in [0.25, 0.3) is 0 Å². The molecule has 0 N–H and O–H groups in total. The molecule has 1 saturated heterocycles. The first-order valence-corrected chi connectivity index (χ1v) is 8.26. The lowest BCUT2D eigenvalue weighted by Gasteiger charge is -2.21. The number of benzene rings is 1. The summed E-state index contributed by atoms with van der Waals surface area (Å²) in [5.41, 5.74) is 1.45. The molecule has 0 atom stereocenters. The van der Waals surface area contributed by atoms with Gasteiger partial charge in [-0.05, 0) is 25.1 Å². The fraction of sp³-hybridized carbons (Fsp3) is 0.529. The highest BCUT2D eigenvalue weighted by Crippen LogP contribution is 2.12. The lowest BCUT2D eigenvalue weighted by atomic mass is 10.3. The maximum atomic E-state index is 12.0. The van der Waals surface area contributed by atoms with Crippen LogP contribution in [0, 0.1) is 0 Å². The third kappa shape index (κ3) is 3.68. The van der Waals surface area contributed by atoms with E-state index in [2.05, 4.69) is 4.90 Å². The van der Waals surface area contributed by atoms with Crippen molar-refractivity contribution in [1.29, 1.82) is 0 Å². The molecule has 0 bridgehead atoms. The van der Waals surface area contributed by atoms with Crippen LogP contribution in [0.3, 0.4) is 0 Å². The first kappa shape index (κ1) is 16.7. The van der Waals surface area contributed by atoms with Crippen LogP contribution >= 0.6 is 0 Å². The summed E-state index contributed by atoms with van der Waals surface area (Å²) in [5, 5.41) is 0. The molecule has 1 aromatic carbocycles.